The molecule has 0 amide bonds. The fourth-order valence-corrected chi connectivity index (χ4v) is 3.39. The minimum atomic E-state index is -4.67. The lowest BCUT2D eigenvalue weighted by Crippen LogP contribution is -2.36. The number of hydrogen-bond acceptors (Lipinski definition) is 1. The quantitative estimate of drug-likeness (QED) is 0.759. The summed E-state index contributed by atoms with van der Waals surface area (Å²) in [6, 6.07) is 2.61. The van der Waals surface area contributed by atoms with E-state index in [1.807, 2.05) is 0 Å². The number of alkyl halides is 3. The van der Waals surface area contributed by atoms with Gasteiger partial charge >= 0.3 is 6.18 Å². The molecule has 0 aliphatic heterocycles. The summed E-state index contributed by atoms with van der Waals surface area (Å²) in [5.41, 5.74) is 5.46. The van der Waals surface area contributed by atoms with Crippen LogP contribution < -0.4 is 5.73 Å². The van der Waals surface area contributed by atoms with Gasteiger partial charge in [-0.3, -0.25) is 0 Å². The first-order valence-electron chi connectivity index (χ1n) is 7.25. The van der Waals surface area contributed by atoms with Gasteiger partial charge in [-0.15, -0.1) is 0 Å². The van der Waals surface area contributed by atoms with E-state index < -0.39 is 23.6 Å². The van der Waals surface area contributed by atoms with E-state index in [-0.39, 0.29) is 11.3 Å². The summed E-state index contributed by atoms with van der Waals surface area (Å²) >= 11 is 0. The Kier molecular flexibility index (Phi) is 4.34. The minimum Gasteiger partial charge on any atom is -0.324 e. The SMILES string of the molecule is CC1(C)CCCCC1C(N)c1ccc(C(F)(F)F)c(F)c1. The highest BCUT2D eigenvalue weighted by Crippen LogP contribution is 2.46. The van der Waals surface area contributed by atoms with Gasteiger partial charge in [0.05, 0.1) is 5.56 Å². The molecule has 1 aliphatic rings. The second-order valence-corrected chi connectivity index (χ2v) is 6.60. The Morgan fingerprint density at radius 1 is 1.24 bits per heavy atom. The van der Waals surface area contributed by atoms with Gasteiger partial charge in [-0.2, -0.15) is 13.2 Å². The summed E-state index contributed by atoms with van der Waals surface area (Å²) in [5, 5.41) is 0. The maximum Gasteiger partial charge on any atom is 0.419 e. The van der Waals surface area contributed by atoms with E-state index in [2.05, 4.69) is 13.8 Å². The van der Waals surface area contributed by atoms with Crippen molar-refractivity contribution in [2.24, 2.45) is 17.1 Å². The van der Waals surface area contributed by atoms with Gasteiger partial charge in [0.15, 0.2) is 0 Å². The summed E-state index contributed by atoms with van der Waals surface area (Å²) in [6.45, 7) is 4.24. The van der Waals surface area contributed by atoms with E-state index in [0.717, 1.165) is 37.8 Å². The summed E-state index contributed by atoms with van der Waals surface area (Å²) in [4.78, 5) is 0. The Hall–Kier alpha value is -1.10. The summed E-state index contributed by atoms with van der Waals surface area (Å²) < 4.78 is 51.5. The molecule has 0 heterocycles. The fraction of sp³-hybridized carbons (Fsp3) is 0.625. The van der Waals surface area contributed by atoms with Crippen LogP contribution in [0.1, 0.15) is 56.7 Å². The predicted molar refractivity (Wildman–Crippen MR) is 74.1 cm³/mol. The van der Waals surface area contributed by atoms with Gasteiger partial charge in [-0.25, -0.2) is 4.39 Å². The zero-order valence-corrected chi connectivity index (χ0v) is 12.3. The Bertz CT molecular complexity index is 507. The normalized spacial score (nSPS) is 23.9. The smallest absolute Gasteiger partial charge is 0.324 e. The van der Waals surface area contributed by atoms with Crippen molar-refractivity contribution < 1.29 is 17.6 Å². The van der Waals surface area contributed by atoms with Crippen LogP contribution in [0.3, 0.4) is 0 Å². The van der Waals surface area contributed by atoms with Gasteiger partial charge in [-0.1, -0.05) is 32.8 Å². The Balaban J connectivity index is 2.28. The first kappa shape index (κ1) is 16.3. The lowest BCUT2D eigenvalue weighted by atomic mass is 9.65. The number of hydrogen-bond donors (Lipinski definition) is 1. The van der Waals surface area contributed by atoms with E-state index in [4.69, 9.17) is 5.73 Å². The largest absolute Gasteiger partial charge is 0.419 e. The van der Waals surface area contributed by atoms with Crippen molar-refractivity contribution in [3.63, 3.8) is 0 Å². The molecule has 1 aromatic rings. The second kappa shape index (κ2) is 5.59. The molecule has 0 spiro atoms. The number of rotatable bonds is 2. The van der Waals surface area contributed by atoms with Crippen LogP contribution in [0.2, 0.25) is 0 Å². The lowest BCUT2D eigenvalue weighted by molar-refractivity contribution is -0.140. The lowest BCUT2D eigenvalue weighted by Gasteiger charge is -2.42. The average Bonchev–Trinajstić information content (AvgIpc) is 2.35. The highest BCUT2D eigenvalue weighted by Gasteiger charge is 2.38. The first-order chi connectivity index (χ1) is 9.63. The van der Waals surface area contributed by atoms with Crippen LogP contribution in [-0.2, 0) is 6.18 Å². The van der Waals surface area contributed by atoms with E-state index in [9.17, 15) is 17.6 Å². The van der Waals surface area contributed by atoms with E-state index in [0.29, 0.717) is 5.56 Å². The van der Waals surface area contributed by atoms with Crippen molar-refractivity contribution in [3.05, 3.63) is 35.1 Å². The maximum atomic E-state index is 13.7. The fourth-order valence-electron chi connectivity index (χ4n) is 3.39. The van der Waals surface area contributed by atoms with Crippen molar-refractivity contribution in [2.75, 3.05) is 0 Å². The monoisotopic (exact) mass is 303 g/mol. The molecule has 2 unspecified atom stereocenters. The molecular formula is C16H21F4N. The topological polar surface area (TPSA) is 26.0 Å². The molecule has 1 aliphatic carbocycles. The van der Waals surface area contributed by atoms with Gasteiger partial charge in [-0.05, 0) is 41.9 Å². The molecule has 1 nitrogen and oxygen atoms in total. The van der Waals surface area contributed by atoms with Crippen LogP contribution >= 0.6 is 0 Å². The molecule has 21 heavy (non-hydrogen) atoms. The van der Waals surface area contributed by atoms with Crippen molar-refractivity contribution in [2.45, 2.75) is 51.7 Å². The summed E-state index contributed by atoms with van der Waals surface area (Å²) in [5.74, 6) is -1.09. The number of benzene rings is 1. The average molecular weight is 303 g/mol. The molecule has 0 aromatic heterocycles. The van der Waals surface area contributed by atoms with E-state index in [1.165, 1.54) is 6.07 Å². The molecule has 118 valence electrons. The van der Waals surface area contributed by atoms with Crippen molar-refractivity contribution in [1.29, 1.82) is 0 Å². The highest BCUT2D eigenvalue weighted by atomic mass is 19.4. The van der Waals surface area contributed by atoms with Gasteiger partial charge in [0, 0.05) is 6.04 Å². The minimum absolute atomic E-state index is 0.0246. The van der Waals surface area contributed by atoms with E-state index in [1.54, 1.807) is 0 Å². The van der Waals surface area contributed by atoms with Crippen LogP contribution in [0.4, 0.5) is 17.6 Å². The van der Waals surface area contributed by atoms with E-state index >= 15 is 0 Å². The van der Waals surface area contributed by atoms with Crippen molar-refractivity contribution in [1.82, 2.24) is 0 Å². The third-order valence-electron chi connectivity index (χ3n) is 4.71. The molecule has 0 saturated heterocycles. The van der Waals surface area contributed by atoms with Crippen molar-refractivity contribution in [3.8, 4) is 0 Å². The molecule has 5 heteroatoms. The van der Waals surface area contributed by atoms with Gasteiger partial charge in [0.25, 0.3) is 0 Å². The molecule has 0 bridgehead atoms. The molecule has 1 saturated carbocycles. The zero-order valence-electron chi connectivity index (χ0n) is 12.3. The van der Waals surface area contributed by atoms with Crippen molar-refractivity contribution >= 4 is 0 Å². The first-order valence-corrected chi connectivity index (χ1v) is 7.25. The van der Waals surface area contributed by atoms with Crippen LogP contribution in [-0.4, -0.2) is 0 Å². The van der Waals surface area contributed by atoms with Gasteiger partial charge < -0.3 is 5.73 Å². The third-order valence-corrected chi connectivity index (χ3v) is 4.71. The predicted octanol–water partition coefficient (Wildman–Crippen LogP) is 5.06. The number of halogens is 4. The van der Waals surface area contributed by atoms with Crippen LogP contribution in [0.5, 0.6) is 0 Å². The van der Waals surface area contributed by atoms with Crippen LogP contribution in [0.25, 0.3) is 0 Å². The molecule has 0 radical (unpaired) electrons. The Morgan fingerprint density at radius 2 is 1.90 bits per heavy atom. The Labute approximate surface area is 122 Å². The molecule has 2 rings (SSSR count). The molecule has 2 atom stereocenters. The number of nitrogens with two attached hydrogens (primary N) is 1. The maximum absolute atomic E-state index is 13.7. The summed E-state index contributed by atoms with van der Waals surface area (Å²) in [7, 11) is 0. The van der Waals surface area contributed by atoms with Crippen LogP contribution in [0, 0.1) is 17.2 Å². The second-order valence-electron chi connectivity index (χ2n) is 6.60. The highest BCUT2D eigenvalue weighted by molar-refractivity contribution is 5.29. The summed E-state index contributed by atoms with van der Waals surface area (Å²) in [6.07, 6.45) is -0.509. The standard InChI is InChI=1S/C16H21F4N/c1-15(2)8-4-3-5-12(15)14(21)10-6-7-11(13(17)9-10)16(18,19)20/h6-7,9,12,14H,3-5,8,21H2,1-2H3. The molecule has 1 aromatic carbocycles. The molecular weight excluding hydrogens is 282 g/mol. The molecule has 2 N–H and O–H groups in total. The van der Waals surface area contributed by atoms with Crippen LogP contribution in [0.15, 0.2) is 18.2 Å². The van der Waals surface area contributed by atoms with Gasteiger partial charge in [0.1, 0.15) is 5.82 Å². The molecule has 1 fully saturated rings. The van der Waals surface area contributed by atoms with Gasteiger partial charge in [0.2, 0.25) is 0 Å². The Morgan fingerprint density at radius 3 is 2.43 bits per heavy atom. The zero-order chi connectivity index (χ0) is 15.8. The third kappa shape index (κ3) is 3.39.